The van der Waals surface area contributed by atoms with Crippen molar-refractivity contribution >= 4 is 37.2 Å². The fourth-order valence-corrected chi connectivity index (χ4v) is 3.93. The predicted octanol–water partition coefficient (Wildman–Crippen LogP) is 3.10. The van der Waals surface area contributed by atoms with Crippen LogP contribution in [0, 0.1) is 12.8 Å². The van der Waals surface area contributed by atoms with Crippen molar-refractivity contribution in [2.75, 3.05) is 0 Å². The van der Waals surface area contributed by atoms with Crippen LogP contribution in [0.15, 0.2) is 17.0 Å². The van der Waals surface area contributed by atoms with E-state index >= 15 is 0 Å². The summed E-state index contributed by atoms with van der Waals surface area (Å²) in [6.45, 7) is 3.66. The molecule has 110 valence electrons. The fraction of sp³-hybridized carbons (Fsp3) is 0.462. The number of hydrogen-bond donors (Lipinski definition) is 1. The van der Waals surface area contributed by atoms with E-state index in [1.54, 1.807) is 6.92 Å². The zero-order valence-corrected chi connectivity index (χ0v) is 13.4. The molecule has 0 unspecified atom stereocenters. The van der Waals surface area contributed by atoms with Crippen molar-refractivity contribution in [2.24, 2.45) is 5.92 Å². The zero-order chi connectivity index (χ0) is 15.1. The smallest absolute Gasteiger partial charge is 0.261 e. The first-order chi connectivity index (χ1) is 9.18. The van der Waals surface area contributed by atoms with Crippen LogP contribution < -0.4 is 5.32 Å². The van der Waals surface area contributed by atoms with E-state index in [-0.39, 0.29) is 27.4 Å². The van der Waals surface area contributed by atoms with Crippen LogP contribution in [0.3, 0.4) is 0 Å². The molecule has 4 nitrogen and oxygen atoms in total. The Hall–Kier alpha value is -0.780. The molecule has 0 heterocycles. The molecule has 0 aliphatic heterocycles. The van der Waals surface area contributed by atoms with Crippen LogP contribution >= 0.6 is 22.3 Å². The van der Waals surface area contributed by atoms with E-state index in [1.165, 1.54) is 12.1 Å². The van der Waals surface area contributed by atoms with Gasteiger partial charge in [-0.15, -0.1) is 0 Å². The topological polar surface area (TPSA) is 63.2 Å². The van der Waals surface area contributed by atoms with E-state index in [4.69, 9.17) is 22.3 Å². The van der Waals surface area contributed by atoms with E-state index < -0.39 is 9.05 Å². The summed E-state index contributed by atoms with van der Waals surface area (Å²) in [5, 5.41) is 3.04. The third-order valence-corrected chi connectivity index (χ3v) is 5.21. The van der Waals surface area contributed by atoms with Crippen LogP contribution in [-0.4, -0.2) is 20.4 Å². The van der Waals surface area contributed by atoms with Crippen molar-refractivity contribution in [1.29, 1.82) is 0 Å². The molecule has 1 aliphatic carbocycles. The van der Waals surface area contributed by atoms with Gasteiger partial charge in [-0.2, -0.15) is 0 Å². The molecule has 1 aromatic carbocycles. The van der Waals surface area contributed by atoms with E-state index in [0.717, 1.165) is 12.8 Å². The minimum absolute atomic E-state index is 0.126. The maximum absolute atomic E-state index is 12.2. The Morgan fingerprint density at radius 1 is 1.35 bits per heavy atom. The lowest BCUT2D eigenvalue weighted by molar-refractivity contribution is 0.0895. The van der Waals surface area contributed by atoms with Gasteiger partial charge in [-0.1, -0.05) is 18.5 Å². The van der Waals surface area contributed by atoms with Crippen molar-refractivity contribution in [2.45, 2.75) is 37.6 Å². The molecule has 1 N–H and O–H groups in total. The Kier molecular flexibility index (Phi) is 4.33. The fourth-order valence-electron chi connectivity index (χ4n) is 2.43. The molecule has 0 radical (unpaired) electrons. The van der Waals surface area contributed by atoms with Gasteiger partial charge < -0.3 is 5.32 Å². The summed E-state index contributed by atoms with van der Waals surface area (Å²) in [5.74, 6) is 0.294. The Bertz CT molecular complexity index is 652. The first-order valence-electron chi connectivity index (χ1n) is 6.24. The van der Waals surface area contributed by atoms with Crippen molar-refractivity contribution in [3.63, 3.8) is 0 Å². The second kappa shape index (κ2) is 5.54. The molecule has 0 aromatic heterocycles. The average molecular weight is 336 g/mol. The lowest BCUT2D eigenvalue weighted by Crippen LogP contribution is -2.43. The van der Waals surface area contributed by atoms with Crippen molar-refractivity contribution in [3.05, 3.63) is 28.3 Å². The number of benzene rings is 1. The predicted molar refractivity (Wildman–Crippen MR) is 78.9 cm³/mol. The van der Waals surface area contributed by atoms with Gasteiger partial charge in [0.1, 0.15) is 0 Å². The van der Waals surface area contributed by atoms with E-state index in [9.17, 15) is 13.2 Å². The Morgan fingerprint density at radius 3 is 2.45 bits per heavy atom. The lowest BCUT2D eigenvalue weighted by Gasteiger charge is -2.33. The number of carbonyl (C=O) groups excluding carboxylic acids is 1. The van der Waals surface area contributed by atoms with Crippen molar-refractivity contribution in [3.8, 4) is 0 Å². The van der Waals surface area contributed by atoms with Crippen LogP contribution in [0.25, 0.3) is 0 Å². The maximum Gasteiger partial charge on any atom is 0.261 e. The standard InChI is InChI=1S/C13H15Cl2NO3S/c1-7-3-10(4-7)16-13(17)11-5-9(14)6-12(8(11)2)20(15,18)19/h5-7,10H,3-4H2,1-2H3,(H,16,17). The van der Waals surface area contributed by atoms with Crippen LogP contribution in [-0.2, 0) is 9.05 Å². The van der Waals surface area contributed by atoms with Crippen molar-refractivity contribution in [1.82, 2.24) is 5.32 Å². The second-order valence-electron chi connectivity index (χ2n) is 5.26. The largest absolute Gasteiger partial charge is 0.349 e. The highest BCUT2D eigenvalue weighted by Crippen LogP contribution is 2.29. The van der Waals surface area contributed by atoms with Crippen LogP contribution in [0.4, 0.5) is 0 Å². The minimum Gasteiger partial charge on any atom is -0.349 e. The summed E-state index contributed by atoms with van der Waals surface area (Å²) in [5.41, 5.74) is 0.561. The van der Waals surface area contributed by atoms with E-state index in [1.807, 2.05) is 0 Å². The van der Waals surface area contributed by atoms with Gasteiger partial charge in [0.2, 0.25) is 0 Å². The number of hydrogen-bond acceptors (Lipinski definition) is 3. The SMILES string of the molecule is Cc1c(C(=O)NC2CC(C)C2)cc(Cl)cc1S(=O)(=O)Cl. The summed E-state index contributed by atoms with van der Waals surface area (Å²) in [4.78, 5) is 12.1. The summed E-state index contributed by atoms with van der Waals surface area (Å²) in [6.07, 6.45) is 1.87. The van der Waals surface area contributed by atoms with E-state index in [0.29, 0.717) is 11.5 Å². The molecular formula is C13H15Cl2NO3S. The molecule has 0 spiro atoms. The number of halogens is 2. The number of rotatable bonds is 3. The molecule has 1 saturated carbocycles. The van der Waals surface area contributed by atoms with Crippen molar-refractivity contribution < 1.29 is 13.2 Å². The van der Waals surface area contributed by atoms with Gasteiger partial charge in [0.25, 0.3) is 15.0 Å². The van der Waals surface area contributed by atoms with Gasteiger partial charge >= 0.3 is 0 Å². The summed E-state index contributed by atoms with van der Waals surface area (Å²) in [6, 6.07) is 2.85. The average Bonchev–Trinajstić information content (AvgIpc) is 2.28. The Balaban J connectivity index is 2.32. The molecular weight excluding hydrogens is 321 g/mol. The summed E-state index contributed by atoms with van der Waals surface area (Å²) >= 11 is 5.88. The maximum atomic E-state index is 12.2. The number of amides is 1. The van der Waals surface area contributed by atoms with Crippen LogP contribution in [0.2, 0.25) is 5.02 Å². The molecule has 1 aromatic rings. The molecule has 0 saturated heterocycles. The van der Waals surface area contributed by atoms with E-state index in [2.05, 4.69) is 12.2 Å². The molecule has 1 fully saturated rings. The molecule has 0 bridgehead atoms. The molecule has 7 heteroatoms. The second-order valence-corrected chi connectivity index (χ2v) is 8.23. The third kappa shape index (κ3) is 3.27. The van der Waals surface area contributed by atoms with Gasteiger partial charge in [-0.05, 0) is 43.4 Å². The van der Waals surface area contributed by atoms with Gasteiger partial charge in [-0.3, -0.25) is 4.79 Å². The molecule has 0 atom stereocenters. The van der Waals surface area contributed by atoms with Crippen LogP contribution in [0.5, 0.6) is 0 Å². The highest BCUT2D eigenvalue weighted by Gasteiger charge is 2.28. The van der Waals surface area contributed by atoms with Gasteiger partial charge in [0.05, 0.1) is 4.90 Å². The van der Waals surface area contributed by atoms with Gasteiger partial charge in [0.15, 0.2) is 0 Å². The van der Waals surface area contributed by atoms with Gasteiger partial charge in [-0.25, -0.2) is 8.42 Å². The highest BCUT2D eigenvalue weighted by molar-refractivity contribution is 8.13. The zero-order valence-electron chi connectivity index (χ0n) is 11.1. The first kappa shape index (κ1) is 15.6. The first-order valence-corrected chi connectivity index (χ1v) is 8.93. The molecule has 1 aliphatic rings. The minimum atomic E-state index is -3.93. The van der Waals surface area contributed by atoms with Gasteiger partial charge in [0, 0.05) is 27.3 Å². The molecule has 2 rings (SSSR count). The summed E-state index contributed by atoms with van der Waals surface area (Å²) < 4.78 is 23.0. The third-order valence-electron chi connectivity index (χ3n) is 3.54. The number of nitrogens with one attached hydrogen (secondary N) is 1. The normalized spacial score (nSPS) is 22.2. The monoisotopic (exact) mass is 335 g/mol. The Morgan fingerprint density at radius 2 is 1.95 bits per heavy atom. The molecule has 20 heavy (non-hydrogen) atoms. The lowest BCUT2D eigenvalue weighted by atomic mass is 9.82. The number of carbonyl (C=O) groups is 1. The highest BCUT2D eigenvalue weighted by atomic mass is 35.7. The summed E-state index contributed by atoms with van der Waals surface area (Å²) in [7, 11) is 1.42. The Labute approximate surface area is 127 Å². The molecule has 1 amide bonds. The quantitative estimate of drug-likeness (QED) is 0.863. The van der Waals surface area contributed by atoms with Crippen LogP contribution in [0.1, 0.15) is 35.7 Å².